The zero-order chi connectivity index (χ0) is 37.4. The minimum Gasteiger partial charge on any atom is -0.465 e. The van der Waals surface area contributed by atoms with E-state index in [0.29, 0.717) is 5.56 Å². The Hall–Kier alpha value is -4.58. The van der Waals surface area contributed by atoms with Gasteiger partial charge in [-0.25, -0.2) is 24.2 Å². The number of nitrogens with zero attached hydrogens (tertiary/aromatic N) is 2. The van der Waals surface area contributed by atoms with Crippen LogP contribution in [0.4, 0.5) is 24.5 Å². The van der Waals surface area contributed by atoms with Crippen molar-refractivity contribution in [3.63, 3.8) is 0 Å². The predicted octanol–water partition coefficient (Wildman–Crippen LogP) is 5.24. The smallest absolute Gasteiger partial charge is 0.428 e. The van der Waals surface area contributed by atoms with Gasteiger partial charge in [-0.2, -0.15) is 13.5 Å². The van der Waals surface area contributed by atoms with Crippen LogP contribution in [0.25, 0.3) is 0 Å². The number of thioether (sulfide) groups is 1. The summed E-state index contributed by atoms with van der Waals surface area (Å²) in [7, 11) is -3.82. The molecule has 0 saturated carbocycles. The predicted molar refractivity (Wildman–Crippen MR) is 183 cm³/mol. The van der Waals surface area contributed by atoms with E-state index in [9.17, 15) is 27.6 Å². The number of esters is 1. The second-order valence-electron chi connectivity index (χ2n) is 12.8. The lowest BCUT2D eigenvalue weighted by Crippen LogP contribution is -2.38. The highest BCUT2D eigenvalue weighted by atomic mass is 32.2. The molecule has 1 aliphatic rings. The van der Waals surface area contributed by atoms with Gasteiger partial charge in [-0.05, 0) is 84.4 Å². The number of hydrogen-bond acceptors (Lipinski definition) is 13. The Morgan fingerprint density at radius 1 is 1.04 bits per heavy atom. The second-order valence-corrected chi connectivity index (χ2v) is 15.5. The summed E-state index contributed by atoms with van der Waals surface area (Å²) in [4.78, 5) is 51.5. The molecule has 0 bridgehead atoms. The molecule has 1 aliphatic heterocycles. The largest absolute Gasteiger partial charge is 0.465 e. The summed E-state index contributed by atoms with van der Waals surface area (Å²) in [6, 6.07) is 9.31. The molecule has 3 amide bonds. The maximum atomic E-state index is 15.9. The number of cyclic esters (lactones) is 1. The van der Waals surface area contributed by atoms with Crippen LogP contribution < -0.4 is 19.8 Å². The fourth-order valence-corrected chi connectivity index (χ4v) is 5.73. The van der Waals surface area contributed by atoms with Gasteiger partial charge in [-0.3, -0.25) is 9.69 Å². The van der Waals surface area contributed by atoms with Gasteiger partial charge in [0.2, 0.25) is 0 Å². The number of halogens is 1. The number of carbonyl (C=O) groups is 4. The molecule has 0 radical (unpaired) electrons. The van der Waals surface area contributed by atoms with Crippen molar-refractivity contribution < 1.29 is 55.1 Å². The molecule has 2 aromatic carbocycles. The average Bonchev–Trinajstić information content (AvgIpc) is 3.35. The number of hydrogen-bond donors (Lipinski definition) is 2. The highest BCUT2D eigenvalue weighted by Crippen LogP contribution is 2.36. The summed E-state index contributed by atoms with van der Waals surface area (Å²) in [6.07, 6.45) is -2.27. The number of alkyl carbamates (subject to hydrolysis) is 1. The van der Waals surface area contributed by atoms with Gasteiger partial charge in [0.05, 0.1) is 31.6 Å². The second kappa shape index (κ2) is 16.4. The summed E-state index contributed by atoms with van der Waals surface area (Å²) >= 11 is 0.738. The fraction of sp³-hybridized carbons (Fsp3) is 0.469. The van der Waals surface area contributed by atoms with Crippen LogP contribution in [0, 0.1) is 5.82 Å². The molecule has 0 aromatic heterocycles. The molecule has 2 N–H and O–H groups in total. The quantitative estimate of drug-likeness (QED) is 0.0763. The highest BCUT2D eigenvalue weighted by molar-refractivity contribution is 8.15. The normalized spacial score (nSPS) is 15.9. The maximum absolute atomic E-state index is 15.9. The molecule has 2 atom stereocenters. The Balaban J connectivity index is 1.92. The van der Waals surface area contributed by atoms with E-state index in [4.69, 9.17) is 23.1 Å². The van der Waals surface area contributed by atoms with Crippen LogP contribution >= 0.6 is 11.8 Å². The van der Waals surface area contributed by atoms with Gasteiger partial charge in [0.15, 0.2) is 0 Å². The molecule has 3 rings (SSSR count). The molecule has 15 nitrogen and oxygen atoms in total. The third-order valence-corrected chi connectivity index (χ3v) is 7.78. The van der Waals surface area contributed by atoms with E-state index in [-0.39, 0.29) is 41.7 Å². The van der Waals surface area contributed by atoms with Crippen molar-refractivity contribution in [1.29, 1.82) is 0 Å². The van der Waals surface area contributed by atoms with Crippen molar-refractivity contribution in [2.24, 2.45) is 5.10 Å². The third kappa shape index (κ3) is 12.7. The van der Waals surface area contributed by atoms with Crippen molar-refractivity contribution in [2.45, 2.75) is 71.0 Å². The monoisotopic (exact) mass is 740 g/mol. The number of amides is 3. The Morgan fingerprint density at radius 3 is 2.22 bits per heavy atom. The number of benzene rings is 2. The van der Waals surface area contributed by atoms with Crippen molar-refractivity contribution in [2.75, 3.05) is 30.9 Å². The molecule has 18 heteroatoms. The number of hydrazone groups is 1. The average molecular weight is 741 g/mol. The van der Waals surface area contributed by atoms with Gasteiger partial charge in [0.1, 0.15) is 39.2 Å². The molecule has 2 aromatic rings. The van der Waals surface area contributed by atoms with E-state index in [1.807, 2.05) is 0 Å². The third-order valence-electron chi connectivity index (χ3n) is 6.05. The zero-order valence-corrected chi connectivity index (χ0v) is 30.5. The molecule has 1 heterocycles. The van der Waals surface area contributed by atoms with E-state index >= 15 is 4.39 Å². The number of ether oxygens (including phenoxy) is 4. The van der Waals surface area contributed by atoms with Gasteiger partial charge in [0, 0.05) is 5.56 Å². The van der Waals surface area contributed by atoms with E-state index in [1.54, 1.807) is 48.5 Å². The molecule has 1 unspecified atom stereocenters. The number of rotatable bonds is 11. The van der Waals surface area contributed by atoms with Gasteiger partial charge < -0.3 is 28.4 Å². The summed E-state index contributed by atoms with van der Waals surface area (Å²) in [5.74, 6) is -1.61. The van der Waals surface area contributed by atoms with Crippen molar-refractivity contribution >= 4 is 56.9 Å². The molecule has 1 fully saturated rings. The van der Waals surface area contributed by atoms with Crippen LogP contribution in [0.3, 0.4) is 0 Å². The lowest BCUT2D eigenvalue weighted by Gasteiger charge is -2.20. The lowest BCUT2D eigenvalue weighted by molar-refractivity contribution is -0.142. The van der Waals surface area contributed by atoms with Gasteiger partial charge in [-0.15, -0.1) is 0 Å². The lowest BCUT2D eigenvalue weighted by atomic mass is 10.1. The topological polar surface area (TPSA) is 188 Å². The Bertz CT molecular complexity index is 1710. The maximum Gasteiger partial charge on any atom is 0.428 e. The van der Waals surface area contributed by atoms with Gasteiger partial charge >= 0.3 is 34.4 Å². The Morgan fingerprint density at radius 2 is 1.66 bits per heavy atom. The first-order valence-electron chi connectivity index (χ1n) is 15.3. The number of nitrogens with one attached hydrogen (secondary N) is 2. The van der Waals surface area contributed by atoms with E-state index in [0.717, 1.165) is 24.1 Å². The van der Waals surface area contributed by atoms with Crippen LogP contribution in [0.2, 0.25) is 0 Å². The minimum atomic E-state index is -3.82. The molecule has 50 heavy (non-hydrogen) atoms. The molecule has 0 aliphatic carbocycles. The van der Waals surface area contributed by atoms with Crippen LogP contribution in [-0.2, 0) is 33.9 Å². The van der Waals surface area contributed by atoms with Gasteiger partial charge in [0.25, 0.3) is 0 Å². The summed E-state index contributed by atoms with van der Waals surface area (Å²) in [5.41, 5.74) is 0.910. The van der Waals surface area contributed by atoms with E-state index in [1.165, 1.54) is 41.3 Å². The molecule has 0 spiro atoms. The van der Waals surface area contributed by atoms with Crippen molar-refractivity contribution in [3.05, 3.63) is 59.4 Å². The van der Waals surface area contributed by atoms with Crippen LogP contribution in [0.15, 0.2) is 47.6 Å². The van der Waals surface area contributed by atoms with E-state index in [2.05, 4.69) is 15.8 Å². The first-order chi connectivity index (χ1) is 23.1. The molecule has 1 saturated heterocycles. The van der Waals surface area contributed by atoms with E-state index < -0.39 is 62.7 Å². The SMILES string of the molecule is CCOC(=O)C(SC(=NNC(=O)OC(C)(C)C)c1ccc(N2C[C@H](CNC(=O)OC(C)(C)C)OC2=O)cc1F)c1ccc(OS(C)(=O)=O)cc1. The van der Waals surface area contributed by atoms with Crippen LogP contribution in [0.1, 0.15) is 64.8 Å². The Labute approximate surface area is 294 Å². The zero-order valence-electron chi connectivity index (χ0n) is 28.9. The Kier molecular flexibility index (Phi) is 13.1. The summed E-state index contributed by atoms with van der Waals surface area (Å²) < 4.78 is 64.9. The standard InChI is InChI=1S/C32H41FN4O11S2/c1-9-44-27(38)25(19-10-13-21(14-11-19)48-50(8,42)43)49-26(35-36-29(40)47-32(5,6)7)23-15-12-20(16-24(23)33)37-18-22(45-30(37)41)17-34-28(39)46-31(2,3)4/h10-16,22,25H,9,17-18H2,1-8H3,(H,34,39)(H,36,40)/t22-,25?/m0/s1. The first-order valence-corrected chi connectivity index (χ1v) is 18.0. The fourth-order valence-electron chi connectivity index (χ4n) is 4.20. The van der Waals surface area contributed by atoms with Gasteiger partial charge in [-0.1, -0.05) is 23.9 Å². The van der Waals surface area contributed by atoms with Crippen molar-refractivity contribution in [1.82, 2.24) is 10.7 Å². The summed E-state index contributed by atoms with van der Waals surface area (Å²) in [6.45, 7) is 11.6. The molecular formula is C32H41FN4O11S2. The summed E-state index contributed by atoms with van der Waals surface area (Å²) in [5, 5.41) is 5.27. The van der Waals surface area contributed by atoms with Crippen molar-refractivity contribution in [3.8, 4) is 5.75 Å². The first kappa shape index (κ1) is 39.9. The molecule has 274 valence electrons. The minimum absolute atomic E-state index is 0.00530. The van der Waals surface area contributed by atoms with Crippen LogP contribution in [-0.4, -0.2) is 81.0 Å². The number of carbonyl (C=O) groups excluding carboxylic acids is 4. The highest BCUT2D eigenvalue weighted by Gasteiger charge is 2.34. The van der Waals surface area contributed by atoms with Crippen LogP contribution in [0.5, 0.6) is 5.75 Å². The number of anilines is 1. The molecular weight excluding hydrogens is 700 g/mol.